The number of urea groups is 1. The van der Waals surface area contributed by atoms with Crippen molar-refractivity contribution < 1.29 is 23.9 Å². The summed E-state index contributed by atoms with van der Waals surface area (Å²) in [6.45, 7) is 3.51. The van der Waals surface area contributed by atoms with Gasteiger partial charge in [0.2, 0.25) is 5.91 Å². The number of rotatable bonds is 2. The fraction of sp³-hybridized carbons (Fsp3) is 0.692. The molecule has 138 valence electrons. The third-order valence-corrected chi connectivity index (χ3v) is 1.62. The van der Waals surface area contributed by atoms with Crippen LogP contribution in [0, 0.1) is 0 Å². The van der Waals surface area contributed by atoms with Crippen molar-refractivity contribution in [3.05, 3.63) is 0 Å². The Kier molecular flexibility index (Phi) is 30.8. The Labute approximate surface area is 138 Å². The number of amides is 4. The van der Waals surface area contributed by atoms with E-state index in [1.807, 2.05) is 0 Å². The fourth-order valence-corrected chi connectivity index (χ4v) is 0.476. The minimum Gasteiger partial charge on any atom is -0.453 e. The highest BCUT2D eigenvalue weighted by molar-refractivity contribution is 5.77. The van der Waals surface area contributed by atoms with Gasteiger partial charge in [0.05, 0.1) is 13.7 Å². The van der Waals surface area contributed by atoms with Gasteiger partial charge < -0.3 is 31.3 Å². The lowest BCUT2D eigenvalue weighted by atomic mass is 10.5. The molecule has 0 unspecified atom stereocenters. The lowest BCUT2D eigenvalue weighted by molar-refractivity contribution is -0.118. The van der Waals surface area contributed by atoms with Crippen molar-refractivity contribution in [3.8, 4) is 0 Å². The third kappa shape index (κ3) is 54.0. The number of likely N-dealkylation sites (N-methyl/N-ethyl adjacent to an activating group) is 1. The molecule has 0 aliphatic carbocycles. The number of carbonyl (C=O) groups is 4. The Balaban J connectivity index is -0.000000105. The van der Waals surface area contributed by atoms with Crippen molar-refractivity contribution in [1.29, 1.82) is 0 Å². The van der Waals surface area contributed by atoms with Crippen LogP contribution in [0.5, 0.6) is 0 Å². The van der Waals surface area contributed by atoms with E-state index in [2.05, 4.69) is 31.3 Å². The second-order valence-electron chi connectivity index (χ2n) is 3.61. The third-order valence-electron chi connectivity index (χ3n) is 1.62. The maximum Gasteiger partial charge on any atom is 0.406 e. The molecule has 0 aliphatic heterocycles. The summed E-state index contributed by atoms with van der Waals surface area (Å²) in [6, 6.07) is -0.157. The number of nitrogens with one attached hydrogen (secondary N) is 5. The number of Topliss-reactive ketones (excluding diaryl/α,β-unsaturated/α-hetero) is 1. The van der Waals surface area contributed by atoms with E-state index >= 15 is 0 Å². The number of carbonyl (C=O) groups excluding carboxylic acids is 4. The first-order valence-corrected chi connectivity index (χ1v) is 6.64. The van der Waals surface area contributed by atoms with Crippen LogP contribution in [0.3, 0.4) is 0 Å². The Hall–Kier alpha value is -2.36. The van der Waals surface area contributed by atoms with Crippen LogP contribution >= 0.6 is 0 Å². The van der Waals surface area contributed by atoms with Crippen LogP contribution in [0.4, 0.5) is 9.59 Å². The van der Waals surface area contributed by atoms with Crippen LogP contribution in [-0.4, -0.2) is 72.7 Å². The summed E-state index contributed by atoms with van der Waals surface area (Å²) in [5.74, 6) is 0.183. The number of hydrogen-bond donors (Lipinski definition) is 5. The zero-order valence-electron chi connectivity index (χ0n) is 15.2. The SMILES string of the molecule is CNC(=O)NC.CNC(=O)OC.CNC(C)=O.CNCC(C)=O. The summed E-state index contributed by atoms with van der Waals surface area (Å²) in [6.07, 6.45) is -0.407. The van der Waals surface area contributed by atoms with Crippen molar-refractivity contribution in [2.75, 3.05) is 48.9 Å². The van der Waals surface area contributed by atoms with Crippen LogP contribution in [0.15, 0.2) is 0 Å². The van der Waals surface area contributed by atoms with Gasteiger partial charge in [-0.05, 0) is 14.0 Å². The van der Waals surface area contributed by atoms with Gasteiger partial charge in [-0.3, -0.25) is 9.59 Å². The second kappa shape index (κ2) is 24.6. The van der Waals surface area contributed by atoms with Crippen LogP contribution in [0.1, 0.15) is 13.8 Å². The minimum absolute atomic E-state index is 0.00463. The Morgan fingerprint density at radius 2 is 1.17 bits per heavy atom. The van der Waals surface area contributed by atoms with Gasteiger partial charge in [-0.15, -0.1) is 0 Å². The monoisotopic (exact) mass is 337 g/mol. The van der Waals surface area contributed by atoms with E-state index in [4.69, 9.17) is 0 Å². The summed E-state index contributed by atoms with van der Waals surface area (Å²) < 4.78 is 4.15. The zero-order valence-corrected chi connectivity index (χ0v) is 15.2. The highest BCUT2D eigenvalue weighted by Crippen LogP contribution is 1.62. The fourth-order valence-electron chi connectivity index (χ4n) is 0.476. The molecule has 5 N–H and O–H groups in total. The van der Waals surface area contributed by atoms with Crippen molar-refractivity contribution in [1.82, 2.24) is 26.6 Å². The number of alkyl carbamates (subject to hydrolysis) is 1. The largest absolute Gasteiger partial charge is 0.453 e. The van der Waals surface area contributed by atoms with E-state index in [9.17, 15) is 19.2 Å². The molecule has 0 spiro atoms. The molecule has 0 aromatic carbocycles. The topological polar surface area (TPSA) is 138 Å². The maximum absolute atomic E-state index is 9.98. The van der Waals surface area contributed by atoms with E-state index in [1.54, 1.807) is 35.1 Å². The van der Waals surface area contributed by atoms with Gasteiger partial charge in [0.1, 0.15) is 5.78 Å². The molecule has 4 amide bonds. The first-order valence-electron chi connectivity index (χ1n) is 6.64. The predicted molar refractivity (Wildman–Crippen MR) is 89.3 cm³/mol. The van der Waals surface area contributed by atoms with Gasteiger partial charge in [0.15, 0.2) is 0 Å². The lowest BCUT2D eigenvalue weighted by Crippen LogP contribution is -2.28. The summed E-state index contributed by atoms with van der Waals surface area (Å²) >= 11 is 0. The van der Waals surface area contributed by atoms with Gasteiger partial charge in [0.25, 0.3) is 0 Å². The molecule has 0 atom stereocenters. The average molecular weight is 337 g/mol. The Morgan fingerprint density at radius 3 is 1.17 bits per heavy atom. The van der Waals surface area contributed by atoms with E-state index in [1.165, 1.54) is 21.1 Å². The van der Waals surface area contributed by atoms with E-state index in [0.29, 0.717) is 6.54 Å². The van der Waals surface area contributed by atoms with Gasteiger partial charge in [0, 0.05) is 35.1 Å². The van der Waals surface area contributed by atoms with E-state index < -0.39 is 6.09 Å². The molecule has 10 nitrogen and oxygen atoms in total. The van der Waals surface area contributed by atoms with Gasteiger partial charge in [-0.1, -0.05) is 0 Å². The molecule has 0 saturated carbocycles. The second-order valence-corrected chi connectivity index (χ2v) is 3.61. The van der Waals surface area contributed by atoms with Crippen molar-refractivity contribution >= 4 is 23.8 Å². The van der Waals surface area contributed by atoms with Gasteiger partial charge in [-0.25, -0.2) is 9.59 Å². The van der Waals surface area contributed by atoms with E-state index in [0.717, 1.165) is 0 Å². The lowest BCUT2D eigenvalue weighted by Gasteiger charge is -1.91. The molecular formula is C13H31N5O5. The molecule has 0 aromatic heterocycles. The number of methoxy groups -OCH3 is 1. The molecule has 10 heteroatoms. The average Bonchev–Trinajstić information content (AvgIpc) is 2.54. The predicted octanol–water partition coefficient (Wildman–Crippen LogP) is -0.935. The number of hydrogen-bond acceptors (Lipinski definition) is 6. The summed E-state index contributed by atoms with van der Waals surface area (Å²) in [4.78, 5) is 39.5. The zero-order chi connectivity index (χ0) is 19.3. The molecule has 0 aliphatic rings. The van der Waals surface area contributed by atoms with Crippen molar-refractivity contribution in [3.63, 3.8) is 0 Å². The smallest absolute Gasteiger partial charge is 0.406 e. The summed E-state index contributed by atoms with van der Waals surface area (Å²) in [5, 5.41) is 12.1. The highest BCUT2D eigenvalue weighted by atomic mass is 16.5. The van der Waals surface area contributed by atoms with Crippen molar-refractivity contribution in [2.45, 2.75) is 13.8 Å². The molecule has 0 bridgehead atoms. The standard InChI is InChI=1S/C4H9NO.C3H8N2O.C3H7NO2.C3H7NO/c1-4(6)3-5-2;1-4-3(6)5-2;1-4-3(5)6-2;1-3(5)4-2/h5H,3H2,1-2H3;1-2H3,(H2,4,5,6);1-2H3,(H,4,5);1-2H3,(H,4,5). The van der Waals surface area contributed by atoms with Crippen molar-refractivity contribution in [2.24, 2.45) is 0 Å². The molecule has 0 fully saturated rings. The van der Waals surface area contributed by atoms with Gasteiger partial charge >= 0.3 is 12.1 Å². The maximum atomic E-state index is 9.98. The Morgan fingerprint density at radius 1 is 0.783 bits per heavy atom. The van der Waals surface area contributed by atoms with Crippen LogP contribution in [0.25, 0.3) is 0 Å². The molecule has 0 heterocycles. The van der Waals surface area contributed by atoms with E-state index in [-0.39, 0.29) is 17.7 Å². The first-order chi connectivity index (χ1) is 10.7. The highest BCUT2D eigenvalue weighted by Gasteiger charge is 1.85. The quantitative estimate of drug-likeness (QED) is 0.441. The number of ketones is 1. The molecule has 0 aromatic rings. The molecule has 0 radical (unpaired) electrons. The van der Waals surface area contributed by atoms with Crippen LogP contribution in [-0.2, 0) is 14.3 Å². The van der Waals surface area contributed by atoms with Crippen LogP contribution in [0.2, 0.25) is 0 Å². The first kappa shape index (κ1) is 28.8. The molecular weight excluding hydrogens is 306 g/mol. The molecule has 0 rings (SSSR count). The van der Waals surface area contributed by atoms with Crippen LogP contribution < -0.4 is 26.6 Å². The summed E-state index contributed by atoms with van der Waals surface area (Å²) in [5.41, 5.74) is 0. The molecule has 23 heavy (non-hydrogen) atoms. The molecule has 0 saturated heterocycles. The minimum atomic E-state index is -0.407. The number of ether oxygens (including phenoxy) is 1. The Bertz CT molecular complexity index is 296. The normalized spacial score (nSPS) is 7.30. The summed E-state index contributed by atoms with van der Waals surface area (Å²) in [7, 11) is 9.31. The van der Waals surface area contributed by atoms with Gasteiger partial charge in [-0.2, -0.15) is 0 Å².